The minimum absolute atomic E-state index is 0.0000118. The molecule has 1 aliphatic carbocycles. The smallest absolute Gasteiger partial charge is 0.275 e. The zero-order valence-electron chi connectivity index (χ0n) is 15.4. The number of aromatic nitrogens is 2. The summed E-state index contributed by atoms with van der Waals surface area (Å²) in [6.45, 7) is 6.76. The average molecular weight is 364 g/mol. The first kappa shape index (κ1) is 18.1. The number of aromatic amines is 1. The lowest BCUT2D eigenvalue weighted by atomic mass is 9.97. The molecule has 25 heavy (non-hydrogen) atoms. The number of quaternary nitrogens is 1. The van der Waals surface area contributed by atoms with Crippen molar-refractivity contribution in [1.82, 2.24) is 15.3 Å². The van der Waals surface area contributed by atoms with Gasteiger partial charge in [-0.25, -0.2) is 4.98 Å². The lowest BCUT2D eigenvalue weighted by Crippen LogP contribution is -3.09. The third-order valence-corrected chi connectivity index (χ3v) is 5.51. The number of rotatable bonds is 4. The number of amides is 1. The number of H-pyrrole nitrogens is 1. The molecule has 0 bridgehead atoms. The van der Waals surface area contributed by atoms with Crippen LogP contribution in [0.15, 0.2) is 4.79 Å². The quantitative estimate of drug-likeness (QED) is 0.752. The summed E-state index contributed by atoms with van der Waals surface area (Å²) in [5, 5.41) is 3.74. The second-order valence-corrected chi connectivity index (χ2v) is 9.10. The van der Waals surface area contributed by atoms with Crippen molar-refractivity contribution in [3.63, 3.8) is 0 Å². The highest BCUT2D eigenvalue weighted by molar-refractivity contribution is 7.18. The molecule has 0 saturated carbocycles. The number of aryl methyl sites for hydroxylation is 2. The second kappa shape index (κ2) is 6.88. The number of likely N-dealkylation sites (N-methyl/N-ethyl adjacent to an activating group) is 1. The first-order chi connectivity index (χ1) is 11.7. The van der Waals surface area contributed by atoms with Crippen LogP contribution in [-0.4, -0.2) is 35.0 Å². The summed E-state index contributed by atoms with van der Waals surface area (Å²) in [5.74, 6) is 0.650. The Morgan fingerprint density at radius 3 is 2.76 bits per heavy atom. The average Bonchev–Trinajstić information content (AvgIpc) is 2.83. The fourth-order valence-corrected chi connectivity index (χ4v) is 4.66. The highest BCUT2D eigenvalue weighted by Gasteiger charge is 2.21. The van der Waals surface area contributed by atoms with Crippen molar-refractivity contribution >= 4 is 27.5 Å². The van der Waals surface area contributed by atoms with Crippen molar-refractivity contribution in [2.75, 3.05) is 13.6 Å². The van der Waals surface area contributed by atoms with E-state index in [0.717, 1.165) is 34.4 Å². The second-order valence-electron chi connectivity index (χ2n) is 8.01. The number of fused-ring (bicyclic) bond motifs is 3. The molecule has 1 amide bonds. The Labute approximate surface area is 151 Å². The van der Waals surface area contributed by atoms with Crippen LogP contribution >= 0.6 is 11.3 Å². The molecule has 136 valence electrons. The molecule has 0 radical (unpaired) electrons. The van der Waals surface area contributed by atoms with E-state index in [-0.39, 0.29) is 17.0 Å². The summed E-state index contributed by atoms with van der Waals surface area (Å²) < 4.78 is 0. The van der Waals surface area contributed by atoms with Gasteiger partial charge < -0.3 is 15.2 Å². The van der Waals surface area contributed by atoms with Crippen LogP contribution in [0, 0.1) is 0 Å². The molecule has 0 saturated heterocycles. The van der Waals surface area contributed by atoms with Gasteiger partial charge in [-0.15, -0.1) is 11.3 Å². The van der Waals surface area contributed by atoms with Crippen LogP contribution in [0.25, 0.3) is 10.2 Å². The standard InChI is InChI=1S/C18H26N4O2S/c1-18(2,3)21-14(23)10-22(4)9-13-19-16(24)15-11-7-5-6-8-12(11)25-17(15)20-13/h5-10H2,1-4H3,(H,21,23)(H,19,20,24)/p+1. The number of thiophene rings is 1. The number of nitrogens with one attached hydrogen (secondary N) is 3. The third kappa shape index (κ3) is 4.27. The van der Waals surface area contributed by atoms with Gasteiger partial charge in [0.15, 0.2) is 12.4 Å². The SMILES string of the molecule is C[NH+](CC(=O)NC(C)(C)C)Cc1nc2sc3c(c2c(=O)[nH]1)CCCC3. The van der Waals surface area contributed by atoms with E-state index in [2.05, 4.69) is 15.3 Å². The Morgan fingerprint density at radius 1 is 1.32 bits per heavy atom. The molecule has 2 aromatic rings. The number of hydrogen-bond acceptors (Lipinski definition) is 4. The molecule has 0 fully saturated rings. The molecule has 1 atom stereocenters. The maximum Gasteiger partial charge on any atom is 0.275 e. The van der Waals surface area contributed by atoms with Crippen molar-refractivity contribution in [3.05, 3.63) is 26.6 Å². The lowest BCUT2D eigenvalue weighted by molar-refractivity contribution is -0.886. The summed E-state index contributed by atoms with van der Waals surface area (Å²) in [4.78, 5) is 35.4. The number of carbonyl (C=O) groups is 1. The molecule has 0 spiro atoms. The fraction of sp³-hybridized carbons (Fsp3) is 0.611. The van der Waals surface area contributed by atoms with Crippen molar-refractivity contribution < 1.29 is 9.69 Å². The summed E-state index contributed by atoms with van der Waals surface area (Å²) in [5.41, 5.74) is 0.932. The van der Waals surface area contributed by atoms with Gasteiger partial charge >= 0.3 is 0 Å². The Kier molecular flexibility index (Phi) is 4.97. The van der Waals surface area contributed by atoms with Crippen LogP contribution in [0.4, 0.5) is 0 Å². The van der Waals surface area contributed by atoms with Gasteiger partial charge in [0.05, 0.1) is 12.4 Å². The van der Waals surface area contributed by atoms with E-state index in [1.165, 1.54) is 16.9 Å². The molecule has 1 aliphatic rings. The van der Waals surface area contributed by atoms with E-state index < -0.39 is 0 Å². The Balaban J connectivity index is 1.76. The van der Waals surface area contributed by atoms with Crippen LogP contribution in [0.2, 0.25) is 0 Å². The van der Waals surface area contributed by atoms with E-state index in [1.807, 2.05) is 27.8 Å². The molecule has 3 rings (SSSR count). The minimum atomic E-state index is -0.237. The maximum absolute atomic E-state index is 12.5. The highest BCUT2D eigenvalue weighted by atomic mass is 32.1. The first-order valence-corrected chi connectivity index (χ1v) is 9.70. The van der Waals surface area contributed by atoms with E-state index in [9.17, 15) is 9.59 Å². The largest absolute Gasteiger partial charge is 0.347 e. The Bertz CT molecular complexity index is 847. The summed E-state index contributed by atoms with van der Waals surface area (Å²) in [6, 6.07) is 0. The van der Waals surface area contributed by atoms with E-state index in [0.29, 0.717) is 18.9 Å². The number of carbonyl (C=O) groups excluding carboxylic acids is 1. The molecule has 0 aliphatic heterocycles. The Hall–Kier alpha value is -1.73. The first-order valence-electron chi connectivity index (χ1n) is 8.89. The minimum Gasteiger partial charge on any atom is -0.347 e. The van der Waals surface area contributed by atoms with Gasteiger partial charge in [0.1, 0.15) is 11.4 Å². The Morgan fingerprint density at radius 2 is 2.04 bits per heavy atom. The molecule has 1 unspecified atom stereocenters. The summed E-state index contributed by atoms with van der Waals surface area (Å²) in [6.07, 6.45) is 4.39. The summed E-state index contributed by atoms with van der Waals surface area (Å²) in [7, 11) is 1.94. The predicted molar refractivity (Wildman–Crippen MR) is 100 cm³/mol. The maximum atomic E-state index is 12.5. The zero-order valence-corrected chi connectivity index (χ0v) is 16.2. The van der Waals surface area contributed by atoms with Crippen LogP contribution < -0.4 is 15.8 Å². The normalized spacial score (nSPS) is 15.8. The van der Waals surface area contributed by atoms with Crippen LogP contribution in [-0.2, 0) is 24.2 Å². The van der Waals surface area contributed by atoms with Crippen LogP contribution in [0.1, 0.15) is 49.9 Å². The number of hydrogen-bond donors (Lipinski definition) is 3. The molecule has 2 heterocycles. The monoisotopic (exact) mass is 363 g/mol. The molecule has 6 nitrogen and oxygen atoms in total. The van der Waals surface area contributed by atoms with Crippen LogP contribution in [0.5, 0.6) is 0 Å². The van der Waals surface area contributed by atoms with Gasteiger partial charge in [-0.1, -0.05) is 0 Å². The zero-order chi connectivity index (χ0) is 18.2. The number of nitrogens with zero attached hydrogens (tertiary/aromatic N) is 1. The van der Waals surface area contributed by atoms with Crippen LogP contribution in [0.3, 0.4) is 0 Å². The molecular weight excluding hydrogens is 336 g/mol. The molecule has 3 N–H and O–H groups in total. The molecule has 2 aromatic heterocycles. The van der Waals surface area contributed by atoms with Crippen molar-refractivity contribution in [1.29, 1.82) is 0 Å². The molecule has 7 heteroatoms. The van der Waals surface area contributed by atoms with Gasteiger partial charge in [0.2, 0.25) is 0 Å². The van der Waals surface area contributed by atoms with Gasteiger partial charge in [-0.2, -0.15) is 0 Å². The van der Waals surface area contributed by atoms with Crippen molar-refractivity contribution in [2.45, 2.75) is 58.5 Å². The van der Waals surface area contributed by atoms with Gasteiger partial charge in [-0.3, -0.25) is 9.59 Å². The van der Waals surface area contributed by atoms with E-state index in [1.54, 1.807) is 11.3 Å². The topological polar surface area (TPSA) is 79.3 Å². The van der Waals surface area contributed by atoms with Gasteiger partial charge in [0, 0.05) is 10.4 Å². The van der Waals surface area contributed by atoms with E-state index in [4.69, 9.17) is 0 Å². The lowest BCUT2D eigenvalue weighted by Gasteiger charge is -2.21. The fourth-order valence-electron chi connectivity index (χ4n) is 3.38. The summed E-state index contributed by atoms with van der Waals surface area (Å²) >= 11 is 1.66. The molecular formula is C18H27N4O2S+. The van der Waals surface area contributed by atoms with Gasteiger partial charge in [-0.05, 0) is 52.0 Å². The van der Waals surface area contributed by atoms with Gasteiger partial charge in [0.25, 0.3) is 11.5 Å². The van der Waals surface area contributed by atoms with Crippen molar-refractivity contribution in [3.8, 4) is 0 Å². The highest BCUT2D eigenvalue weighted by Crippen LogP contribution is 2.33. The molecule has 0 aromatic carbocycles. The van der Waals surface area contributed by atoms with Crippen molar-refractivity contribution in [2.24, 2.45) is 0 Å². The third-order valence-electron chi connectivity index (χ3n) is 4.32. The van der Waals surface area contributed by atoms with E-state index >= 15 is 0 Å². The predicted octanol–water partition coefficient (Wildman–Crippen LogP) is 0.793.